The third-order valence-corrected chi connectivity index (χ3v) is 7.19. The van der Waals surface area contributed by atoms with Gasteiger partial charge in [0.15, 0.2) is 34.5 Å². The fourth-order valence-corrected chi connectivity index (χ4v) is 4.82. The Kier molecular flexibility index (Phi) is 13.8. The van der Waals surface area contributed by atoms with E-state index in [0.717, 1.165) is 21.5 Å². The van der Waals surface area contributed by atoms with Gasteiger partial charge in [-0.15, -0.1) is 0 Å². The number of aromatic hydroxyl groups is 2. The van der Waals surface area contributed by atoms with Crippen molar-refractivity contribution in [3.8, 4) is 34.5 Å². The fourth-order valence-electron chi connectivity index (χ4n) is 4.82. The molecule has 5 aromatic rings. The predicted molar refractivity (Wildman–Crippen MR) is 183 cm³/mol. The van der Waals surface area contributed by atoms with Gasteiger partial charge in [-0.2, -0.15) is 0 Å². The van der Waals surface area contributed by atoms with Gasteiger partial charge in [-0.1, -0.05) is 60.7 Å². The van der Waals surface area contributed by atoms with Crippen LogP contribution in [0.1, 0.15) is 0 Å². The minimum atomic E-state index is 0.110. The molecule has 0 saturated carbocycles. The highest BCUT2D eigenvalue weighted by molar-refractivity contribution is 5.86. The lowest BCUT2D eigenvalue weighted by Crippen LogP contribution is -2.14. The van der Waals surface area contributed by atoms with Gasteiger partial charge in [-0.25, -0.2) is 0 Å². The molecule has 0 atom stereocenters. The summed E-state index contributed by atoms with van der Waals surface area (Å²) in [4.78, 5) is 0. The maximum Gasteiger partial charge on any atom is 0.161 e. The van der Waals surface area contributed by atoms with Gasteiger partial charge in [0.2, 0.25) is 0 Å². The summed E-state index contributed by atoms with van der Waals surface area (Å²) in [5.41, 5.74) is 0. The third-order valence-electron chi connectivity index (χ3n) is 7.19. The molecule has 0 amide bonds. The molecule has 0 aliphatic carbocycles. The lowest BCUT2D eigenvalue weighted by Gasteiger charge is -2.13. The molecule has 5 rings (SSSR count). The number of benzene rings is 5. The molecular weight excluding hydrogens is 616 g/mol. The zero-order chi connectivity index (χ0) is 33.2. The number of phenolic OH excluding ortho intramolecular Hbond substituents is 2. The molecule has 0 radical (unpaired) electrons. The van der Waals surface area contributed by atoms with E-state index in [0.29, 0.717) is 102 Å². The van der Waals surface area contributed by atoms with Crippen LogP contribution < -0.4 is 18.9 Å². The Hall–Kier alpha value is -4.74. The van der Waals surface area contributed by atoms with Crippen LogP contribution in [0.25, 0.3) is 21.5 Å². The molecule has 2 N–H and O–H groups in total. The van der Waals surface area contributed by atoms with Crippen molar-refractivity contribution in [1.82, 2.24) is 0 Å². The van der Waals surface area contributed by atoms with E-state index < -0.39 is 0 Å². The molecule has 0 bridgehead atoms. The molecule has 0 aromatic heterocycles. The van der Waals surface area contributed by atoms with Crippen molar-refractivity contribution < 1.29 is 48.1 Å². The number of phenols is 2. The Morgan fingerprint density at radius 1 is 0.312 bits per heavy atom. The van der Waals surface area contributed by atoms with Crippen LogP contribution in [0.4, 0.5) is 0 Å². The first-order valence-electron chi connectivity index (χ1n) is 16.0. The Morgan fingerprint density at radius 2 is 0.583 bits per heavy atom. The fraction of sp³-hybridized carbons (Fsp3) is 0.316. The lowest BCUT2D eigenvalue weighted by atomic mass is 10.1. The Balaban J connectivity index is 0.848. The van der Waals surface area contributed by atoms with E-state index in [9.17, 15) is 10.2 Å². The second-order valence-electron chi connectivity index (χ2n) is 10.6. The van der Waals surface area contributed by atoms with Gasteiger partial charge in [-0.05, 0) is 57.9 Å². The van der Waals surface area contributed by atoms with Gasteiger partial charge in [0, 0.05) is 0 Å². The molecule has 254 valence electrons. The smallest absolute Gasteiger partial charge is 0.161 e. The standard InChI is InChI=1S/C38H42O10/c39-33-25-29-7-1-3-9-31(29)27-37(33)47-23-19-43-15-13-41-17-21-45-35-11-5-6-12-36(35)46-22-18-42-14-16-44-20-24-48-38-28-32-10-4-2-8-30(32)26-34(38)40/h1-12,25-28,39-40H,13-24H2. The van der Waals surface area contributed by atoms with Crippen LogP contribution in [-0.4, -0.2) is 89.5 Å². The Labute approximate surface area is 280 Å². The number of hydrogen-bond donors (Lipinski definition) is 2. The zero-order valence-electron chi connectivity index (χ0n) is 26.9. The average Bonchev–Trinajstić information content (AvgIpc) is 3.10. The Morgan fingerprint density at radius 3 is 0.938 bits per heavy atom. The van der Waals surface area contributed by atoms with Crippen LogP contribution in [0, 0.1) is 0 Å². The second-order valence-corrected chi connectivity index (χ2v) is 10.6. The summed E-state index contributed by atoms with van der Waals surface area (Å²) in [7, 11) is 0. The van der Waals surface area contributed by atoms with Crippen molar-refractivity contribution in [3.05, 3.63) is 97.1 Å². The molecule has 0 heterocycles. The minimum absolute atomic E-state index is 0.110. The molecule has 0 spiro atoms. The monoisotopic (exact) mass is 658 g/mol. The van der Waals surface area contributed by atoms with Crippen molar-refractivity contribution in [2.45, 2.75) is 0 Å². The summed E-state index contributed by atoms with van der Waals surface area (Å²) in [6.45, 7) is 4.60. The van der Waals surface area contributed by atoms with Crippen LogP contribution in [-0.2, 0) is 18.9 Å². The summed E-state index contributed by atoms with van der Waals surface area (Å²) < 4.78 is 45.4. The second kappa shape index (κ2) is 19.2. The van der Waals surface area contributed by atoms with Crippen molar-refractivity contribution in [2.24, 2.45) is 0 Å². The molecule has 48 heavy (non-hydrogen) atoms. The van der Waals surface area contributed by atoms with Crippen LogP contribution in [0.5, 0.6) is 34.5 Å². The Bertz CT molecular complexity index is 1570. The number of fused-ring (bicyclic) bond motifs is 2. The van der Waals surface area contributed by atoms with Crippen molar-refractivity contribution in [2.75, 3.05) is 79.3 Å². The van der Waals surface area contributed by atoms with E-state index in [1.807, 2.05) is 84.9 Å². The summed E-state index contributed by atoms with van der Waals surface area (Å²) in [5, 5.41) is 24.2. The maximum atomic E-state index is 10.2. The molecule has 0 unspecified atom stereocenters. The van der Waals surface area contributed by atoms with E-state index in [2.05, 4.69) is 0 Å². The molecule has 10 nitrogen and oxygen atoms in total. The highest BCUT2D eigenvalue weighted by atomic mass is 16.6. The first-order chi connectivity index (χ1) is 23.7. The summed E-state index contributed by atoms with van der Waals surface area (Å²) in [6, 6.07) is 30.1. The minimum Gasteiger partial charge on any atom is -0.504 e. The highest BCUT2D eigenvalue weighted by Crippen LogP contribution is 2.32. The van der Waals surface area contributed by atoms with Gasteiger partial charge in [0.1, 0.15) is 26.4 Å². The average molecular weight is 659 g/mol. The van der Waals surface area contributed by atoms with E-state index in [-0.39, 0.29) is 11.5 Å². The molecule has 0 aliphatic heterocycles. The third kappa shape index (κ3) is 10.9. The quantitative estimate of drug-likeness (QED) is 0.0812. The van der Waals surface area contributed by atoms with E-state index >= 15 is 0 Å². The normalized spacial score (nSPS) is 11.2. The summed E-state index contributed by atoms with van der Waals surface area (Å²) in [6.07, 6.45) is 0. The molecule has 5 aromatic carbocycles. The highest BCUT2D eigenvalue weighted by Gasteiger charge is 2.07. The molecule has 0 saturated heterocycles. The predicted octanol–water partition coefficient (Wildman–Crippen LogP) is 6.39. The largest absolute Gasteiger partial charge is 0.504 e. The molecule has 0 aliphatic rings. The van der Waals surface area contributed by atoms with Gasteiger partial charge in [-0.3, -0.25) is 0 Å². The molecule has 0 fully saturated rings. The first-order valence-corrected chi connectivity index (χ1v) is 16.0. The maximum absolute atomic E-state index is 10.2. The zero-order valence-corrected chi connectivity index (χ0v) is 26.9. The number of ether oxygens (including phenoxy) is 8. The van der Waals surface area contributed by atoms with Gasteiger partial charge >= 0.3 is 0 Å². The van der Waals surface area contributed by atoms with E-state index in [4.69, 9.17) is 37.9 Å². The lowest BCUT2D eigenvalue weighted by molar-refractivity contribution is 0.0246. The van der Waals surface area contributed by atoms with Crippen molar-refractivity contribution >= 4 is 21.5 Å². The molecule has 10 heteroatoms. The van der Waals surface area contributed by atoms with Crippen LogP contribution in [0.2, 0.25) is 0 Å². The van der Waals surface area contributed by atoms with Crippen LogP contribution in [0.3, 0.4) is 0 Å². The first kappa shape index (κ1) is 34.6. The molecular formula is C38H42O10. The summed E-state index contributed by atoms with van der Waals surface area (Å²) >= 11 is 0. The SMILES string of the molecule is Oc1cc2ccccc2cc1OCCOCCOCCOc1ccccc1OCCOCCOCCOc1cc2ccccc2cc1O. The van der Waals surface area contributed by atoms with Crippen LogP contribution >= 0.6 is 0 Å². The van der Waals surface area contributed by atoms with Crippen LogP contribution in [0.15, 0.2) is 97.1 Å². The van der Waals surface area contributed by atoms with Crippen molar-refractivity contribution in [1.29, 1.82) is 0 Å². The van der Waals surface area contributed by atoms with Gasteiger partial charge < -0.3 is 48.1 Å². The van der Waals surface area contributed by atoms with Gasteiger partial charge in [0.25, 0.3) is 0 Å². The van der Waals surface area contributed by atoms with E-state index in [1.165, 1.54) is 0 Å². The summed E-state index contributed by atoms with van der Waals surface area (Å²) in [5.74, 6) is 2.36. The number of para-hydroxylation sites is 2. The number of rotatable bonds is 22. The van der Waals surface area contributed by atoms with Crippen molar-refractivity contribution in [3.63, 3.8) is 0 Å². The van der Waals surface area contributed by atoms with Gasteiger partial charge in [0.05, 0.1) is 52.9 Å². The van der Waals surface area contributed by atoms with E-state index in [1.54, 1.807) is 12.1 Å². The topological polar surface area (TPSA) is 114 Å². The number of hydrogen-bond acceptors (Lipinski definition) is 10.